The second-order valence-electron chi connectivity index (χ2n) is 4.58. The van der Waals surface area contributed by atoms with Gasteiger partial charge in [-0.25, -0.2) is 0 Å². The van der Waals surface area contributed by atoms with Crippen LogP contribution in [0.3, 0.4) is 0 Å². The van der Waals surface area contributed by atoms with E-state index in [2.05, 4.69) is 6.58 Å². The van der Waals surface area contributed by atoms with Crippen molar-refractivity contribution in [1.29, 1.82) is 0 Å². The van der Waals surface area contributed by atoms with Crippen molar-refractivity contribution < 1.29 is 19.0 Å². The molecule has 1 aliphatic rings. The Morgan fingerprint density at radius 1 is 1.00 bits per heavy atom. The fourth-order valence-electron chi connectivity index (χ4n) is 2.44. The minimum Gasteiger partial charge on any atom is -0.496 e. The largest absolute Gasteiger partial charge is 0.496 e. The van der Waals surface area contributed by atoms with E-state index in [-0.39, 0.29) is 11.7 Å². The highest BCUT2D eigenvalue weighted by Crippen LogP contribution is 2.43. The second kappa shape index (κ2) is 5.34. The molecule has 1 aromatic carbocycles. The average Bonchev–Trinajstić information content (AvgIpc) is 2.76. The van der Waals surface area contributed by atoms with Gasteiger partial charge in [-0.05, 0) is 24.0 Å². The van der Waals surface area contributed by atoms with Gasteiger partial charge in [-0.1, -0.05) is 6.58 Å². The fourth-order valence-corrected chi connectivity index (χ4v) is 2.44. The van der Waals surface area contributed by atoms with E-state index in [9.17, 15) is 4.79 Å². The summed E-state index contributed by atoms with van der Waals surface area (Å²) in [7, 11) is 4.78. The van der Waals surface area contributed by atoms with Crippen molar-refractivity contribution >= 4 is 5.78 Å². The molecule has 1 unspecified atom stereocenters. The van der Waals surface area contributed by atoms with Crippen molar-refractivity contribution in [3.8, 4) is 17.2 Å². The van der Waals surface area contributed by atoms with E-state index in [4.69, 9.17) is 14.2 Å². The van der Waals surface area contributed by atoms with E-state index in [1.165, 1.54) is 0 Å². The molecule has 0 amide bonds. The molecule has 19 heavy (non-hydrogen) atoms. The second-order valence-corrected chi connectivity index (χ2v) is 4.58. The Hall–Kier alpha value is -1.97. The number of ketones is 1. The molecule has 0 heterocycles. The minimum absolute atomic E-state index is 0.106. The van der Waals surface area contributed by atoms with Crippen molar-refractivity contribution in [1.82, 2.24) is 0 Å². The van der Waals surface area contributed by atoms with Crippen LogP contribution in [0.25, 0.3) is 0 Å². The van der Waals surface area contributed by atoms with Crippen molar-refractivity contribution in [2.75, 3.05) is 21.3 Å². The van der Waals surface area contributed by atoms with Crippen LogP contribution < -0.4 is 14.2 Å². The standard InChI is InChI=1S/C15H18O4/c1-9-5-10(6-12(9)16)11-7-14(18-3)15(19-4)8-13(11)17-2/h7-8,10H,1,5-6H2,2-4H3. The maximum atomic E-state index is 11.6. The smallest absolute Gasteiger partial charge is 0.164 e. The zero-order chi connectivity index (χ0) is 14.0. The lowest BCUT2D eigenvalue weighted by atomic mass is 9.95. The Balaban J connectivity index is 2.44. The molecule has 2 rings (SSSR count). The van der Waals surface area contributed by atoms with Gasteiger partial charge in [0.1, 0.15) is 5.75 Å². The van der Waals surface area contributed by atoms with Gasteiger partial charge in [0.25, 0.3) is 0 Å². The monoisotopic (exact) mass is 262 g/mol. The van der Waals surface area contributed by atoms with E-state index in [0.717, 1.165) is 5.56 Å². The molecular formula is C15H18O4. The number of carbonyl (C=O) groups is 1. The van der Waals surface area contributed by atoms with Gasteiger partial charge in [-0.15, -0.1) is 0 Å². The van der Waals surface area contributed by atoms with E-state index in [1.54, 1.807) is 27.4 Å². The summed E-state index contributed by atoms with van der Waals surface area (Å²) in [5.74, 6) is 2.20. The maximum absolute atomic E-state index is 11.6. The Labute approximate surface area is 113 Å². The molecule has 0 aromatic heterocycles. The average molecular weight is 262 g/mol. The molecule has 0 saturated heterocycles. The molecule has 1 saturated carbocycles. The van der Waals surface area contributed by atoms with Crippen molar-refractivity contribution in [2.24, 2.45) is 0 Å². The van der Waals surface area contributed by atoms with E-state index in [1.807, 2.05) is 6.07 Å². The summed E-state index contributed by atoms with van der Waals surface area (Å²) in [6.07, 6.45) is 1.15. The number of hydrogen-bond acceptors (Lipinski definition) is 4. The highest BCUT2D eigenvalue weighted by molar-refractivity contribution is 5.98. The van der Waals surface area contributed by atoms with Crippen LogP contribution in [0, 0.1) is 0 Å². The van der Waals surface area contributed by atoms with Crippen LogP contribution in [-0.4, -0.2) is 27.1 Å². The van der Waals surface area contributed by atoms with Crippen LogP contribution in [0.1, 0.15) is 24.3 Å². The third-order valence-electron chi connectivity index (χ3n) is 3.49. The number of benzene rings is 1. The van der Waals surface area contributed by atoms with Gasteiger partial charge in [0, 0.05) is 18.1 Å². The molecule has 4 heteroatoms. The maximum Gasteiger partial charge on any atom is 0.164 e. The number of hydrogen-bond donors (Lipinski definition) is 0. The van der Waals surface area contributed by atoms with Crippen LogP contribution in [0.5, 0.6) is 17.2 Å². The van der Waals surface area contributed by atoms with Crippen molar-refractivity contribution in [3.63, 3.8) is 0 Å². The summed E-state index contributed by atoms with van der Waals surface area (Å²) in [6, 6.07) is 3.67. The van der Waals surface area contributed by atoms with E-state index >= 15 is 0 Å². The molecule has 102 valence electrons. The molecule has 0 N–H and O–H groups in total. The molecule has 1 aromatic rings. The number of allylic oxidation sites excluding steroid dienone is 1. The first-order valence-corrected chi connectivity index (χ1v) is 6.11. The third kappa shape index (κ3) is 2.43. The first-order chi connectivity index (χ1) is 9.10. The van der Waals surface area contributed by atoms with Gasteiger partial charge in [0.05, 0.1) is 21.3 Å². The van der Waals surface area contributed by atoms with Gasteiger partial charge >= 0.3 is 0 Å². The van der Waals surface area contributed by atoms with Gasteiger partial charge in [-0.2, -0.15) is 0 Å². The van der Waals surface area contributed by atoms with E-state index < -0.39 is 0 Å². The summed E-state index contributed by atoms with van der Waals surface area (Å²) < 4.78 is 15.9. The quantitative estimate of drug-likeness (QED) is 0.783. The Morgan fingerprint density at radius 3 is 2.05 bits per heavy atom. The topological polar surface area (TPSA) is 44.8 Å². The lowest BCUT2D eigenvalue weighted by Crippen LogP contribution is -2.01. The number of methoxy groups -OCH3 is 3. The summed E-state index contributed by atoms with van der Waals surface area (Å²) in [4.78, 5) is 11.6. The van der Waals surface area contributed by atoms with Gasteiger partial charge in [-0.3, -0.25) is 4.79 Å². The zero-order valence-corrected chi connectivity index (χ0v) is 11.5. The molecule has 0 bridgehead atoms. The molecule has 4 nitrogen and oxygen atoms in total. The van der Waals surface area contributed by atoms with Crippen LogP contribution >= 0.6 is 0 Å². The number of ether oxygens (including phenoxy) is 3. The van der Waals surface area contributed by atoms with Gasteiger partial charge in [0.15, 0.2) is 17.3 Å². The summed E-state index contributed by atoms with van der Waals surface area (Å²) in [6.45, 7) is 3.80. The zero-order valence-electron chi connectivity index (χ0n) is 11.5. The number of carbonyl (C=O) groups excluding carboxylic acids is 1. The highest BCUT2D eigenvalue weighted by atomic mass is 16.5. The summed E-state index contributed by atoms with van der Waals surface area (Å²) in [5.41, 5.74) is 1.65. The Kier molecular flexibility index (Phi) is 3.79. The molecule has 1 aliphatic carbocycles. The van der Waals surface area contributed by atoms with Gasteiger partial charge < -0.3 is 14.2 Å². The predicted molar refractivity (Wildman–Crippen MR) is 72.2 cm³/mol. The first-order valence-electron chi connectivity index (χ1n) is 6.11. The van der Waals surface area contributed by atoms with Crippen molar-refractivity contribution in [2.45, 2.75) is 18.8 Å². The number of Topliss-reactive ketones (excluding diaryl/α,β-unsaturated/α-hetero) is 1. The van der Waals surface area contributed by atoms with E-state index in [0.29, 0.717) is 35.7 Å². The van der Waals surface area contributed by atoms with Crippen LogP contribution in [0.2, 0.25) is 0 Å². The SMILES string of the molecule is C=C1CC(c2cc(OC)c(OC)cc2OC)CC1=O. The fraction of sp³-hybridized carbons (Fsp3) is 0.400. The normalized spacial score (nSPS) is 18.6. The molecule has 1 atom stereocenters. The molecule has 1 fully saturated rings. The summed E-state index contributed by atoms with van der Waals surface area (Å²) >= 11 is 0. The molecular weight excluding hydrogens is 244 g/mol. The highest BCUT2D eigenvalue weighted by Gasteiger charge is 2.30. The number of rotatable bonds is 4. The first kappa shape index (κ1) is 13.5. The Bertz CT molecular complexity index is 503. The van der Waals surface area contributed by atoms with Crippen LogP contribution in [-0.2, 0) is 4.79 Å². The molecule has 0 radical (unpaired) electrons. The predicted octanol–water partition coefficient (Wildman–Crippen LogP) is 2.72. The molecule has 0 spiro atoms. The van der Waals surface area contributed by atoms with Crippen molar-refractivity contribution in [3.05, 3.63) is 29.8 Å². The lowest BCUT2D eigenvalue weighted by molar-refractivity contribution is -0.114. The van der Waals surface area contributed by atoms with Crippen LogP contribution in [0.4, 0.5) is 0 Å². The Morgan fingerprint density at radius 2 is 1.58 bits per heavy atom. The lowest BCUT2D eigenvalue weighted by Gasteiger charge is -2.17. The van der Waals surface area contributed by atoms with Crippen LogP contribution in [0.15, 0.2) is 24.3 Å². The third-order valence-corrected chi connectivity index (χ3v) is 3.49. The summed E-state index contributed by atoms with van der Waals surface area (Å²) in [5, 5.41) is 0. The molecule has 0 aliphatic heterocycles. The minimum atomic E-state index is 0.106. The van der Waals surface area contributed by atoms with Gasteiger partial charge in [0.2, 0.25) is 0 Å².